The zero-order valence-corrected chi connectivity index (χ0v) is 15.5. The standard InChI is InChI=1S/C24H24O2/c1-17-9-11-20(12-10-17)23(18(2)19-7-5-4-6-8-19)21-13-15-22(16-14-21)24(25)26-3/h4-16,18,23H,1-3H3. The molecular weight excluding hydrogens is 320 g/mol. The molecule has 0 amide bonds. The molecule has 2 nitrogen and oxygen atoms in total. The van der Waals surface area contributed by atoms with E-state index in [1.165, 1.54) is 29.4 Å². The fourth-order valence-corrected chi connectivity index (χ4v) is 3.44. The third-order valence-electron chi connectivity index (χ3n) is 4.95. The number of methoxy groups -OCH3 is 1. The average molecular weight is 344 g/mol. The minimum atomic E-state index is -0.306. The predicted molar refractivity (Wildman–Crippen MR) is 106 cm³/mol. The fourth-order valence-electron chi connectivity index (χ4n) is 3.44. The first kappa shape index (κ1) is 17.9. The summed E-state index contributed by atoms with van der Waals surface area (Å²) < 4.78 is 4.81. The summed E-state index contributed by atoms with van der Waals surface area (Å²) in [6.07, 6.45) is 0. The van der Waals surface area contributed by atoms with Gasteiger partial charge in [0, 0.05) is 5.92 Å². The van der Waals surface area contributed by atoms with Crippen LogP contribution in [0.5, 0.6) is 0 Å². The average Bonchev–Trinajstić information content (AvgIpc) is 2.70. The van der Waals surface area contributed by atoms with Gasteiger partial charge in [0.2, 0.25) is 0 Å². The van der Waals surface area contributed by atoms with Crippen molar-refractivity contribution in [1.29, 1.82) is 0 Å². The van der Waals surface area contributed by atoms with E-state index in [1.807, 2.05) is 30.3 Å². The van der Waals surface area contributed by atoms with Crippen molar-refractivity contribution >= 4 is 5.97 Å². The van der Waals surface area contributed by atoms with Gasteiger partial charge in [0.1, 0.15) is 0 Å². The Morgan fingerprint density at radius 1 is 0.769 bits per heavy atom. The number of rotatable bonds is 5. The molecule has 2 unspecified atom stereocenters. The third-order valence-corrected chi connectivity index (χ3v) is 4.95. The molecule has 0 N–H and O–H groups in total. The summed E-state index contributed by atoms with van der Waals surface area (Å²) >= 11 is 0. The highest BCUT2D eigenvalue weighted by atomic mass is 16.5. The second-order valence-corrected chi connectivity index (χ2v) is 6.70. The van der Waals surface area contributed by atoms with Gasteiger partial charge < -0.3 is 4.74 Å². The summed E-state index contributed by atoms with van der Waals surface area (Å²) in [6.45, 7) is 4.36. The van der Waals surface area contributed by atoms with Gasteiger partial charge in [-0.3, -0.25) is 0 Å². The molecule has 0 aliphatic heterocycles. The van der Waals surface area contributed by atoms with Crippen molar-refractivity contribution < 1.29 is 9.53 Å². The van der Waals surface area contributed by atoms with Crippen LogP contribution in [0.15, 0.2) is 78.9 Å². The quantitative estimate of drug-likeness (QED) is 0.554. The molecule has 0 radical (unpaired) electrons. The first-order chi connectivity index (χ1) is 12.6. The Morgan fingerprint density at radius 3 is 1.85 bits per heavy atom. The van der Waals surface area contributed by atoms with Crippen LogP contribution in [0.1, 0.15) is 51.4 Å². The Kier molecular flexibility index (Phi) is 5.52. The number of hydrogen-bond acceptors (Lipinski definition) is 2. The molecular formula is C24H24O2. The molecule has 132 valence electrons. The van der Waals surface area contributed by atoms with Crippen molar-refractivity contribution in [2.45, 2.75) is 25.7 Å². The van der Waals surface area contributed by atoms with Crippen LogP contribution in [0, 0.1) is 6.92 Å². The van der Waals surface area contributed by atoms with Gasteiger partial charge in [0.05, 0.1) is 12.7 Å². The van der Waals surface area contributed by atoms with Crippen LogP contribution in [0.25, 0.3) is 0 Å². The molecule has 3 aromatic rings. The van der Waals surface area contributed by atoms with E-state index >= 15 is 0 Å². The molecule has 0 saturated carbocycles. The highest BCUT2D eigenvalue weighted by molar-refractivity contribution is 5.89. The van der Waals surface area contributed by atoms with Crippen LogP contribution >= 0.6 is 0 Å². The minimum Gasteiger partial charge on any atom is -0.465 e. The van der Waals surface area contributed by atoms with Gasteiger partial charge in [-0.25, -0.2) is 4.79 Å². The second-order valence-electron chi connectivity index (χ2n) is 6.70. The summed E-state index contributed by atoms with van der Waals surface area (Å²) in [5.74, 6) is 0.215. The van der Waals surface area contributed by atoms with Crippen molar-refractivity contribution in [2.75, 3.05) is 7.11 Å². The molecule has 3 rings (SSSR count). The van der Waals surface area contributed by atoms with Crippen LogP contribution in [0.3, 0.4) is 0 Å². The molecule has 0 aliphatic rings. The summed E-state index contributed by atoms with van der Waals surface area (Å²) in [7, 11) is 1.41. The van der Waals surface area contributed by atoms with E-state index in [0.29, 0.717) is 11.5 Å². The zero-order valence-electron chi connectivity index (χ0n) is 15.5. The summed E-state index contributed by atoms with van der Waals surface area (Å²) in [4.78, 5) is 11.7. The Hall–Kier alpha value is -2.87. The van der Waals surface area contributed by atoms with E-state index in [0.717, 1.165) is 0 Å². The maximum Gasteiger partial charge on any atom is 0.337 e. The molecule has 0 heterocycles. The summed E-state index contributed by atoms with van der Waals surface area (Å²) in [5, 5.41) is 0. The normalized spacial score (nSPS) is 13.0. The van der Waals surface area contributed by atoms with Crippen molar-refractivity contribution in [2.24, 2.45) is 0 Å². The first-order valence-electron chi connectivity index (χ1n) is 8.90. The van der Waals surface area contributed by atoms with Crippen LogP contribution < -0.4 is 0 Å². The lowest BCUT2D eigenvalue weighted by Crippen LogP contribution is -2.11. The Labute approximate surface area is 155 Å². The third kappa shape index (κ3) is 3.85. The van der Waals surface area contributed by atoms with Gasteiger partial charge in [-0.1, -0.05) is 79.2 Å². The molecule has 0 fully saturated rings. The Morgan fingerprint density at radius 2 is 1.31 bits per heavy atom. The molecule has 3 aromatic carbocycles. The highest BCUT2D eigenvalue weighted by Crippen LogP contribution is 2.38. The lowest BCUT2D eigenvalue weighted by molar-refractivity contribution is 0.0600. The summed E-state index contributed by atoms with van der Waals surface area (Å²) in [6, 6.07) is 27.0. The molecule has 0 spiro atoms. The van der Waals surface area contributed by atoms with E-state index in [1.54, 1.807) is 0 Å². The molecule has 2 heteroatoms. The van der Waals surface area contributed by atoms with Crippen LogP contribution in [-0.4, -0.2) is 13.1 Å². The number of carbonyl (C=O) groups excluding carboxylic acids is 1. The maximum atomic E-state index is 11.7. The predicted octanol–water partition coefficient (Wildman–Crippen LogP) is 5.72. The van der Waals surface area contributed by atoms with Gasteiger partial charge in [-0.05, 0) is 41.7 Å². The van der Waals surface area contributed by atoms with Gasteiger partial charge >= 0.3 is 5.97 Å². The zero-order chi connectivity index (χ0) is 18.5. The van der Waals surface area contributed by atoms with Crippen molar-refractivity contribution in [3.8, 4) is 0 Å². The van der Waals surface area contributed by atoms with Crippen LogP contribution in [0.2, 0.25) is 0 Å². The van der Waals surface area contributed by atoms with E-state index in [2.05, 4.69) is 62.4 Å². The number of hydrogen-bond donors (Lipinski definition) is 0. The Bertz CT molecular complexity index is 849. The monoisotopic (exact) mass is 344 g/mol. The number of aryl methyl sites for hydroxylation is 1. The lowest BCUT2D eigenvalue weighted by atomic mass is 9.78. The molecule has 0 aliphatic carbocycles. The largest absolute Gasteiger partial charge is 0.465 e. The maximum absolute atomic E-state index is 11.7. The molecule has 2 atom stereocenters. The van der Waals surface area contributed by atoms with E-state index in [4.69, 9.17) is 4.74 Å². The summed E-state index contributed by atoms with van der Waals surface area (Å²) in [5.41, 5.74) is 5.60. The van der Waals surface area contributed by atoms with Crippen molar-refractivity contribution in [1.82, 2.24) is 0 Å². The first-order valence-corrected chi connectivity index (χ1v) is 8.90. The van der Waals surface area contributed by atoms with Crippen LogP contribution in [-0.2, 0) is 4.74 Å². The Balaban J connectivity index is 2.02. The van der Waals surface area contributed by atoms with Crippen LogP contribution in [0.4, 0.5) is 0 Å². The van der Waals surface area contributed by atoms with Gasteiger partial charge in [-0.15, -0.1) is 0 Å². The topological polar surface area (TPSA) is 26.3 Å². The van der Waals surface area contributed by atoms with Gasteiger partial charge in [0.25, 0.3) is 0 Å². The van der Waals surface area contributed by atoms with Gasteiger partial charge in [-0.2, -0.15) is 0 Å². The molecule has 0 aromatic heterocycles. The molecule has 0 saturated heterocycles. The highest BCUT2D eigenvalue weighted by Gasteiger charge is 2.23. The molecule has 0 bridgehead atoms. The number of ether oxygens (including phenoxy) is 1. The van der Waals surface area contributed by atoms with Gasteiger partial charge in [0.15, 0.2) is 0 Å². The van der Waals surface area contributed by atoms with Crippen molar-refractivity contribution in [3.63, 3.8) is 0 Å². The van der Waals surface area contributed by atoms with Crippen molar-refractivity contribution in [3.05, 3.63) is 107 Å². The number of benzene rings is 3. The SMILES string of the molecule is COC(=O)c1ccc(C(c2ccc(C)cc2)C(C)c2ccccc2)cc1. The molecule has 26 heavy (non-hydrogen) atoms. The van der Waals surface area contributed by atoms with E-state index < -0.39 is 0 Å². The second kappa shape index (κ2) is 8.01. The number of carbonyl (C=O) groups is 1. The smallest absolute Gasteiger partial charge is 0.337 e. The van der Waals surface area contributed by atoms with E-state index in [9.17, 15) is 4.79 Å². The van der Waals surface area contributed by atoms with E-state index in [-0.39, 0.29) is 11.9 Å². The minimum absolute atomic E-state index is 0.213. The lowest BCUT2D eigenvalue weighted by Gasteiger charge is -2.26. The fraction of sp³-hybridized carbons (Fsp3) is 0.208. The number of esters is 1.